The van der Waals surface area contributed by atoms with Gasteiger partial charge in [0.15, 0.2) is 0 Å². The second-order valence-corrected chi connectivity index (χ2v) is 5.25. The van der Waals surface area contributed by atoms with E-state index in [2.05, 4.69) is 15.5 Å². The number of nitrogens with two attached hydrogens (primary N) is 1. The van der Waals surface area contributed by atoms with Gasteiger partial charge < -0.3 is 11.1 Å². The number of hydrogen-bond donors (Lipinski definition) is 3. The first-order chi connectivity index (χ1) is 11.3. The number of hydrogen-bond acceptors (Lipinski definition) is 3. The van der Waals surface area contributed by atoms with Crippen molar-refractivity contribution in [1.29, 1.82) is 0 Å². The van der Waals surface area contributed by atoms with E-state index in [1.54, 1.807) is 6.20 Å². The molecule has 0 saturated heterocycles. The number of nitrogens with zero attached hydrogens (tertiary/aromatic N) is 1. The number of amides is 1. The van der Waals surface area contributed by atoms with Crippen LogP contribution < -0.4 is 11.1 Å². The Bertz CT molecular complexity index is 751. The number of nitrogens with one attached hydrogen (secondary N) is 2. The molecule has 1 atom stereocenters. The molecule has 0 aliphatic rings. The highest BCUT2D eigenvalue weighted by atomic mass is 16.1. The van der Waals surface area contributed by atoms with Gasteiger partial charge in [0, 0.05) is 24.0 Å². The van der Waals surface area contributed by atoms with E-state index in [4.69, 9.17) is 5.73 Å². The summed E-state index contributed by atoms with van der Waals surface area (Å²) in [6.45, 7) is 0.267. The van der Waals surface area contributed by atoms with Gasteiger partial charge in [-0.25, -0.2) is 0 Å². The number of carbonyl (C=O) groups excluding carboxylic acids is 1. The molecule has 5 heteroatoms. The monoisotopic (exact) mass is 306 g/mol. The number of aromatic nitrogens is 2. The Hall–Kier alpha value is -2.92. The van der Waals surface area contributed by atoms with Crippen molar-refractivity contribution >= 4 is 11.6 Å². The Kier molecular flexibility index (Phi) is 4.49. The number of H-pyrrole nitrogens is 1. The number of aromatic amines is 1. The van der Waals surface area contributed by atoms with Crippen LogP contribution in [0.1, 0.15) is 11.5 Å². The van der Waals surface area contributed by atoms with Gasteiger partial charge in [0.1, 0.15) is 0 Å². The normalized spacial score (nSPS) is 11.9. The third-order valence-electron chi connectivity index (χ3n) is 3.74. The highest BCUT2D eigenvalue weighted by Gasteiger charge is 2.18. The average Bonchev–Trinajstić information content (AvgIpc) is 3.12. The van der Waals surface area contributed by atoms with Crippen molar-refractivity contribution in [3.63, 3.8) is 0 Å². The molecule has 0 radical (unpaired) electrons. The van der Waals surface area contributed by atoms with Crippen molar-refractivity contribution in [1.82, 2.24) is 10.2 Å². The first-order valence-electron chi connectivity index (χ1n) is 7.43. The predicted octanol–water partition coefficient (Wildman–Crippen LogP) is 2.76. The quantitative estimate of drug-likeness (QED) is 0.677. The molecule has 0 bridgehead atoms. The van der Waals surface area contributed by atoms with Gasteiger partial charge in [0.2, 0.25) is 5.91 Å². The van der Waals surface area contributed by atoms with Crippen molar-refractivity contribution in [3.05, 3.63) is 72.6 Å². The van der Waals surface area contributed by atoms with Crippen molar-refractivity contribution < 1.29 is 4.79 Å². The van der Waals surface area contributed by atoms with Crippen LogP contribution in [-0.2, 0) is 4.79 Å². The van der Waals surface area contributed by atoms with Crippen LogP contribution >= 0.6 is 0 Å². The second kappa shape index (κ2) is 6.89. The third kappa shape index (κ3) is 3.46. The fourth-order valence-corrected chi connectivity index (χ4v) is 2.46. The minimum absolute atomic E-state index is 0.102. The van der Waals surface area contributed by atoms with Gasteiger partial charge >= 0.3 is 0 Å². The van der Waals surface area contributed by atoms with Crippen LogP contribution in [0.25, 0.3) is 11.1 Å². The number of carbonyl (C=O) groups is 1. The van der Waals surface area contributed by atoms with Gasteiger partial charge in [-0.15, -0.1) is 0 Å². The topological polar surface area (TPSA) is 83.8 Å². The van der Waals surface area contributed by atoms with Crippen LogP contribution in [0.2, 0.25) is 0 Å². The summed E-state index contributed by atoms with van der Waals surface area (Å²) in [6.07, 6.45) is 3.58. The summed E-state index contributed by atoms with van der Waals surface area (Å²) >= 11 is 0. The minimum Gasteiger partial charge on any atom is -0.329 e. The highest BCUT2D eigenvalue weighted by Crippen LogP contribution is 2.21. The lowest BCUT2D eigenvalue weighted by atomic mass is 9.98. The molecule has 1 heterocycles. The zero-order valence-corrected chi connectivity index (χ0v) is 12.6. The standard InChI is InChI=1S/C18H18N4O/c19-10-17(14-4-2-1-3-5-14)18(23)22-16-8-6-13(7-9-16)15-11-20-21-12-15/h1-9,11-12,17H,10,19H2,(H,20,21)(H,22,23). The lowest BCUT2D eigenvalue weighted by molar-refractivity contribution is -0.117. The van der Waals surface area contributed by atoms with Crippen molar-refractivity contribution in [2.24, 2.45) is 5.73 Å². The van der Waals surface area contributed by atoms with E-state index in [9.17, 15) is 4.79 Å². The zero-order chi connectivity index (χ0) is 16.1. The molecule has 3 aromatic rings. The van der Waals surface area contributed by atoms with Gasteiger partial charge in [0.05, 0.1) is 12.1 Å². The van der Waals surface area contributed by atoms with Gasteiger partial charge in [-0.2, -0.15) is 5.10 Å². The van der Waals surface area contributed by atoms with Gasteiger partial charge in [0.25, 0.3) is 0 Å². The summed E-state index contributed by atoms with van der Waals surface area (Å²) in [4.78, 5) is 12.5. The molecule has 1 aromatic heterocycles. The van der Waals surface area contributed by atoms with E-state index < -0.39 is 0 Å². The molecule has 23 heavy (non-hydrogen) atoms. The van der Waals surface area contributed by atoms with E-state index in [1.165, 1.54) is 0 Å². The fraction of sp³-hybridized carbons (Fsp3) is 0.111. The van der Waals surface area contributed by atoms with Crippen molar-refractivity contribution in [2.75, 3.05) is 11.9 Å². The van der Waals surface area contributed by atoms with Crippen molar-refractivity contribution in [3.8, 4) is 11.1 Å². The van der Waals surface area contributed by atoms with E-state index in [-0.39, 0.29) is 18.4 Å². The van der Waals surface area contributed by atoms with Gasteiger partial charge in [-0.05, 0) is 23.3 Å². The summed E-state index contributed by atoms with van der Waals surface area (Å²) in [6, 6.07) is 17.2. The summed E-state index contributed by atoms with van der Waals surface area (Å²) in [7, 11) is 0. The first kappa shape index (κ1) is 15.0. The van der Waals surface area contributed by atoms with Crippen LogP contribution in [0.5, 0.6) is 0 Å². The van der Waals surface area contributed by atoms with E-state index in [1.807, 2.05) is 60.8 Å². The van der Waals surface area contributed by atoms with E-state index in [0.29, 0.717) is 0 Å². The van der Waals surface area contributed by atoms with Gasteiger partial charge in [-0.3, -0.25) is 9.89 Å². The Labute approximate surface area is 134 Å². The van der Waals surface area contributed by atoms with Gasteiger partial charge in [-0.1, -0.05) is 42.5 Å². The average molecular weight is 306 g/mol. The maximum Gasteiger partial charge on any atom is 0.233 e. The predicted molar refractivity (Wildman–Crippen MR) is 90.9 cm³/mol. The Balaban J connectivity index is 1.72. The summed E-state index contributed by atoms with van der Waals surface area (Å²) in [5.41, 5.74) is 9.49. The molecular formula is C18H18N4O. The largest absolute Gasteiger partial charge is 0.329 e. The molecule has 0 aliphatic heterocycles. The lowest BCUT2D eigenvalue weighted by Crippen LogP contribution is -2.27. The molecule has 116 valence electrons. The molecule has 0 spiro atoms. The maximum absolute atomic E-state index is 12.5. The summed E-state index contributed by atoms with van der Waals surface area (Å²) in [5.74, 6) is -0.459. The SMILES string of the molecule is NCC(C(=O)Nc1ccc(-c2cn[nH]c2)cc1)c1ccccc1. The number of benzene rings is 2. The molecule has 4 N–H and O–H groups in total. The Morgan fingerprint density at radius 1 is 1.09 bits per heavy atom. The smallest absolute Gasteiger partial charge is 0.233 e. The molecular weight excluding hydrogens is 288 g/mol. The molecule has 0 fully saturated rings. The van der Waals surface area contributed by atoms with Crippen molar-refractivity contribution in [2.45, 2.75) is 5.92 Å². The highest BCUT2D eigenvalue weighted by molar-refractivity contribution is 5.96. The molecule has 1 amide bonds. The van der Waals surface area contributed by atoms with E-state index >= 15 is 0 Å². The maximum atomic E-state index is 12.5. The van der Waals surface area contributed by atoms with Crippen LogP contribution in [0, 0.1) is 0 Å². The second-order valence-electron chi connectivity index (χ2n) is 5.25. The molecule has 5 nitrogen and oxygen atoms in total. The Morgan fingerprint density at radius 2 is 1.83 bits per heavy atom. The van der Waals surface area contributed by atoms with E-state index in [0.717, 1.165) is 22.4 Å². The van der Waals surface area contributed by atoms with Crippen LogP contribution in [0.3, 0.4) is 0 Å². The molecule has 1 unspecified atom stereocenters. The van der Waals surface area contributed by atoms with Crippen LogP contribution in [0.4, 0.5) is 5.69 Å². The zero-order valence-electron chi connectivity index (χ0n) is 12.6. The fourth-order valence-electron chi connectivity index (χ4n) is 2.46. The van der Waals surface area contributed by atoms with Crippen LogP contribution in [-0.4, -0.2) is 22.6 Å². The minimum atomic E-state index is -0.357. The summed E-state index contributed by atoms with van der Waals surface area (Å²) < 4.78 is 0. The lowest BCUT2D eigenvalue weighted by Gasteiger charge is -2.15. The molecule has 2 aromatic carbocycles. The molecule has 0 saturated carbocycles. The summed E-state index contributed by atoms with van der Waals surface area (Å²) in [5, 5.41) is 9.63. The first-order valence-corrected chi connectivity index (χ1v) is 7.43. The number of anilines is 1. The molecule has 0 aliphatic carbocycles. The Morgan fingerprint density at radius 3 is 2.43 bits per heavy atom. The van der Waals surface area contributed by atoms with Crippen LogP contribution in [0.15, 0.2) is 67.0 Å². The number of rotatable bonds is 5. The molecule has 3 rings (SSSR count). The third-order valence-corrected chi connectivity index (χ3v) is 3.74.